The lowest BCUT2D eigenvalue weighted by atomic mass is 9.91. The molecule has 0 radical (unpaired) electrons. The summed E-state index contributed by atoms with van der Waals surface area (Å²) >= 11 is 0. The van der Waals surface area contributed by atoms with Crippen LogP contribution in [0.3, 0.4) is 0 Å². The van der Waals surface area contributed by atoms with Crippen molar-refractivity contribution in [2.45, 2.75) is 67.2 Å². The second-order valence-corrected chi connectivity index (χ2v) is 10.00. The first-order valence-electron chi connectivity index (χ1n) is 9.87. The molecule has 0 aromatic heterocycles. The van der Waals surface area contributed by atoms with Crippen LogP contribution in [0.25, 0.3) is 0 Å². The second kappa shape index (κ2) is 10.3. The van der Waals surface area contributed by atoms with Gasteiger partial charge in [0.15, 0.2) is 0 Å². The normalized spacial score (nSPS) is 16.2. The third kappa shape index (κ3) is 5.36. The molecule has 0 atom stereocenters. The van der Waals surface area contributed by atoms with Gasteiger partial charge >= 0.3 is 47.0 Å². The standard InChI is InChI=1S/C16H20F17N2O2S/c1-4-35(3,5-2)8-6-7-34-38(36,37)16(32,33)14(27,28)12(23,24)10(19,20)9(17,18)11(21,22)13(25,26)15(29,30)31/h34H,4-8H2,1-3H3/q+1. The number of hydrogen-bond donors (Lipinski definition) is 1. The van der Waals surface area contributed by atoms with Crippen molar-refractivity contribution in [2.75, 3.05) is 33.2 Å². The molecule has 0 aliphatic carbocycles. The Morgan fingerprint density at radius 1 is 0.579 bits per heavy atom. The quantitative estimate of drug-likeness (QED) is 0.152. The maximum atomic E-state index is 13.9. The van der Waals surface area contributed by atoms with Crippen LogP contribution >= 0.6 is 0 Å². The topological polar surface area (TPSA) is 46.2 Å². The zero-order valence-electron chi connectivity index (χ0n) is 19.1. The van der Waals surface area contributed by atoms with Gasteiger partial charge in [0.05, 0.1) is 26.7 Å². The van der Waals surface area contributed by atoms with Crippen molar-refractivity contribution in [3.05, 3.63) is 0 Å². The van der Waals surface area contributed by atoms with Crippen molar-refractivity contribution in [1.29, 1.82) is 0 Å². The number of nitrogens with zero attached hydrogens (tertiary/aromatic N) is 1. The third-order valence-corrected chi connectivity index (χ3v) is 7.24. The van der Waals surface area contributed by atoms with Crippen molar-refractivity contribution in [1.82, 2.24) is 4.72 Å². The van der Waals surface area contributed by atoms with E-state index in [1.807, 2.05) is 0 Å². The van der Waals surface area contributed by atoms with Crippen LogP contribution in [0, 0.1) is 0 Å². The van der Waals surface area contributed by atoms with E-state index >= 15 is 0 Å². The third-order valence-electron chi connectivity index (χ3n) is 5.72. The minimum absolute atomic E-state index is 0.0690. The van der Waals surface area contributed by atoms with Gasteiger partial charge in [-0.25, -0.2) is 13.1 Å². The fraction of sp³-hybridized carbons (Fsp3) is 1.00. The summed E-state index contributed by atoms with van der Waals surface area (Å²) in [6, 6.07) is 0. The fourth-order valence-corrected chi connectivity index (χ4v) is 3.68. The number of alkyl halides is 17. The van der Waals surface area contributed by atoms with Crippen molar-refractivity contribution in [3.63, 3.8) is 0 Å². The van der Waals surface area contributed by atoms with E-state index in [2.05, 4.69) is 0 Å². The van der Waals surface area contributed by atoms with Gasteiger partial charge in [0.1, 0.15) is 0 Å². The van der Waals surface area contributed by atoms with E-state index in [4.69, 9.17) is 0 Å². The predicted octanol–water partition coefficient (Wildman–Crippen LogP) is 5.75. The Balaban J connectivity index is 6.45. The maximum Gasteiger partial charge on any atom is 0.460 e. The summed E-state index contributed by atoms with van der Waals surface area (Å²) in [5, 5.41) is -7.53. The molecule has 230 valence electrons. The molecule has 0 spiro atoms. The molecule has 0 bridgehead atoms. The molecule has 38 heavy (non-hydrogen) atoms. The molecule has 0 aromatic carbocycles. The lowest BCUT2D eigenvalue weighted by molar-refractivity contribution is -0.906. The molecular formula is C16H20F17N2O2S+. The van der Waals surface area contributed by atoms with Crippen molar-refractivity contribution in [2.24, 2.45) is 0 Å². The van der Waals surface area contributed by atoms with Gasteiger partial charge < -0.3 is 4.48 Å². The molecule has 0 rings (SSSR count). The van der Waals surface area contributed by atoms with Crippen molar-refractivity contribution >= 4 is 10.0 Å². The fourth-order valence-electron chi connectivity index (χ4n) is 2.62. The number of rotatable bonds is 14. The van der Waals surface area contributed by atoms with Gasteiger partial charge in [-0.15, -0.1) is 0 Å². The summed E-state index contributed by atoms with van der Waals surface area (Å²) in [6.07, 6.45) is -8.35. The summed E-state index contributed by atoms with van der Waals surface area (Å²) in [5.41, 5.74) is 0. The van der Waals surface area contributed by atoms with Gasteiger partial charge in [-0.05, 0) is 13.8 Å². The first-order chi connectivity index (χ1) is 16.3. The second-order valence-electron chi connectivity index (χ2n) is 8.19. The Morgan fingerprint density at radius 2 is 0.895 bits per heavy atom. The highest BCUT2D eigenvalue weighted by molar-refractivity contribution is 7.90. The van der Waals surface area contributed by atoms with Crippen LogP contribution in [-0.4, -0.2) is 93.1 Å². The molecule has 1 N–H and O–H groups in total. The van der Waals surface area contributed by atoms with E-state index < -0.39 is 70.0 Å². The molecule has 0 aromatic rings. The van der Waals surface area contributed by atoms with Crippen LogP contribution in [0.5, 0.6) is 0 Å². The summed E-state index contributed by atoms with van der Waals surface area (Å²) in [5.74, 6) is -51.5. The van der Waals surface area contributed by atoms with Gasteiger partial charge in [-0.1, -0.05) is 0 Å². The maximum absolute atomic E-state index is 13.9. The summed E-state index contributed by atoms with van der Waals surface area (Å²) in [6.45, 7) is 2.59. The molecule has 0 amide bonds. The lowest BCUT2D eigenvalue weighted by Gasteiger charge is -2.42. The Kier molecular flexibility index (Phi) is 9.90. The summed E-state index contributed by atoms with van der Waals surface area (Å²) in [4.78, 5) is 0. The highest BCUT2D eigenvalue weighted by atomic mass is 32.2. The smallest absolute Gasteiger partial charge is 0.326 e. The van der Waals surface area contributed by atoms with Gasteiger partial charge in [-0.3, -0.25) is 0 Å². The number of nitrogens with one attached hydrogen (secondary N) is 1. The molecule has 0 saturated heterocycles. The van der Waals surface area contributed by atoms with Gasteiger partial charge in [-0.2, -0.15) is 74.6 Å². The monoisotopic (exact) mass is 627 g/mol. The minimum Gasteiger partial charge on any atom is -0.326 e. The summed E-state index contributed by atoms with van der Waals surface area (Å²) in [7, 11) is -5.70. The van der Waals surface area contributed by atoms with E-state index in [1.165, 1.54) is 7.05 Å². The van der Waals surface area contributed by atoms with Crippen LogP contribution in [-0.2, 0) is 10.0 Å². The molecule has 4 nitrogen and oxygen atoms in total. The average molecular weight is 627 g/mol. The lowest BCUT2D eigenvalue weighted by Crippen LogP contribution is -2.75. The average Bonchev–Trinajstić information content (AvgIpc) is 2.74. The van der Waals surface area contributed by atoms with Gasteiger partial charge in [0.25, 0.3) is 10.0 Å². The molecule has 0 unspecified atom stereocenters. The first-order valence-corrected chi connectivity index (χ1v) is 11.4. The molecular weight excluding hydrogens is 607 g/mol. The van der Waals surface area contributed by atoms with E-state index in [0.29, 0.717) is 17.8 Å². The molecule has 0 aliphatic heterocycles. The van der Waals surface area contributed by atoms with Crippen LogP contribution < -0.4 is 4.72 Å². The van der Waals surface area contributed by atoms with Crippen LogP contribution in [0.1, 0.15) is 20.3 Å². The Labute approximate surface area is 203 Å². The van der Waals surface area contributed by atoms with E-state index in [0.717, 1.165) is 0 Å². The molecule has 0 aliphatic rings. The Bertz CT molecular complexity index is 927. The van der Waals surface area contributed by atoms with E-state index in [9.17, 15) is 83.1 Å². The molecule has 0 fully saturated rings. The SMILES string of the molecule is CC[N+](C)(CC)CCCNS(=O)(=O)C(F)(F)C(F)(F)C(F)(F)C(F)(F)C(F)(F)C(F)(F)C(F)(F)C(F)(F)F. The molecule has 0 saturated carbocycles. The molecule has 22 heteroatoms. The number of sulfonamides is 1. The van der Waals surface area contributed by atoms with Crippen LogP contribution in [0.15, 0.2) is 0 Å². The van der Waals surface area contributed by atoms with Crippen LogP contribution in [0.2, 0.25) is 0 Å². The van der Waals surface area contributed by atoms with E-state index in [1.54, 1.807) is 13.8 Å². The largest absolute Gasteiger partial charge is 0.460 e. The van der Waals surface area contributed by atoms with Crippen LogP contribution in [0.4, 0.5) is 74.6 Å². The van der Waals surface area contributed by atoms with E-state index in [-0.39, 0.29) is 11.0 Å². The van der Waals surface area contributed by atoms with Crippen molar-refractivity contribution in [3.8, 4) is 0 Å². The summed E-state index contributed by atoms with van der Waals surface area (Å²) < 4.78 is 249. The molecule has 0 heterocycles. The Hall–Kier alpha value is -1.32. The van der Waals surface area contributed by atoms with Crippen molar-refractivity contribution < 1.29 is 87.5 Å². The number of hydrogen-bond acceptors (Lipinski definition) is 2. The van der Waals surface area contributed by atoms with Gasteiger partial charge in [0, 0.05) is 13.0 Å². The zero-order chi connectivity index (χ0) is 31.2. The predicted molar refractivity (Wildman–Crippen MR) is 94.4 cm³/mol. The Morgan fingerprint density at radius 3 is 1.21 bits per heavy atom. The van der Waals surface area contributed by atoms with Gasteiger partial charge in [0.2, 0.25) is 0 Å². The minimum atomic E-state index is -8.83. The first kappa shape index (κ1) is 36.7. The number of quaternary nitrogens is 1. The number of halogens is 17. The highest BCUT2D eigenvalue weighted by Crippen LogP contribution is 2.64. The highest BCUT2D eigenvalue weighted by Gasteiger charge is 2.96. The zero-order valence-corrected chi connectivity index (χ0v) is 19.9.